The molecule has 1 fully saturated rings. The summed E-state index contributed by atoms with van der Waals surface area (Å²) in [6, 6.07) is 21.2. The van der Waals surface area contributed by atoms with Gasteiger partial charge in [-0.2, -0.15) is 0 Å². The van der Waals surface area contributed by atoms with Crippen LogP contribution in [-0.4, -0.2) is 55.0 Å². The van der Waals surface area contributed by atoms with Crippen LogP contribution in [0.15, 0.2) is 90.1 Å². The third-order valence-corrected chi connectivity index (χ3v) is 9.04. The molecule has 2 aromatic heterocycles. The molecule has 1 aliphatic rings. The summed E-state index contributed by atoms with van der Waals surface area (Å²) in [6.07, 6.45) is 5.57. The van der Waals surface area contributed by atoms with Crippen molar-refractivity contribution in [3.63, 3.8) is 0 Å². The van der Waals surface area contributed by atoms with E-state index in [4.69, 9.17) is 0 Å². The fraction of sp³-hybridized carbons (Fsp3) is 0.241. The number of hydrogen-bond donors (Lipinski definition) is 1. The fourth-order valence-corrected chi connectivity index (χ4v) is 6.75. The van der Waals surface area contributed by atoms with Crippen LogP contribution in [0.1, 0.15) is 12.0 Å². The molecule has 1 saturated heterocycles. The second-order valence-corrected chi connectivity index (χ2v) is 11.4. The van der Waals surface area contributed by atoms with Gasteiger partial charge in [0.2, 0.25) is 0 Å². The number of rotatable bonds is 7. The van der Waals surface area contributed by atoms with Gasteiger partial charge in [0, 0.05) is 60.5 Å². The molecule has 8 heteroatoms. The molecular weight excluding hydrogens is 487 g/mol. The van der Waals surface area contributed by atoms with E-state index in [0.29, 0.717) is 5.52 Å². The Bertz CT molecular complexity index is 1650. The molecule has 5 aromatic rings. The van der Waals surface area contributed by atoms with E-state index in [9.17, 15) is 12.8 Å². The molecule has 3 heterocycles. The van der Waals surface area contributed by atoms with Gasteiger partial charge >= 0.3 is 0 Å². The zero-order valence-electron chi connectivity index (χ0n) is 20.5. The van der Waals surface area contributed by atoms with Gasteiger partial charge in [0.1, 0.15) is 5.82 Å². The lowest BCUT2D eigenvalue weighted by Crippen LogP contribution is -2.46. The first-order valence-corrected chi connectivity index (χ1v) is 14.1. The van der Waals surface area contributed by atoms with Crippen molar-refractivity contribution in [3.05, 3.63) is 96.6 Å². The van der Waals surface area contributed by atoms with E-state index in [1.54, 1.807) is 42.6 Å². The Hall–Kier alpha value is -3.62. The summed E-state index contributed by atoms with van der Waals surface area (Å²) in [7, 11) is -3.66. The number of nitrogens with zero attached hydrogens (tertiary/aromatic N) is 3. The number of fused-ring (bicyclic) bond motifs is 2. The first-order chi connectivity index (χ1) is 18.0. The molecule has 1 N–H and O–H groups in total. The Morgan fingerprint density at radius 1 is 0.865 bits per heavy atom. The third kappa shape index (κ3) is 4.51. The van der Waals surface area contributed by atoms with Crippen molar-refractivity contribution in [1.29, 1.82) is 0 Å². The summed E-state index contributed by atoms with van der Waals surface area (Å²) in [5, 5.41) is 1.92. The number of H-pyrrole nitrogens is 1. The largest absolute Gasteiger partial charge is 0.368 e. The van der Waals surface area contributed by atoms with Crippen molar-refractivity contribution >= 4 is 37.5 Å². The maximum absolute atomic E-state index is 13.7. The minimum atomic E-state index is -3.66. The highest BCUT2D eigenvalue weighted by Gasteiger charge is 2.22. The zero-order chi connectivity index (χ0) is 25.4. The standard InChI is InChI=1S/C29H29FN4O2S/c30-23-11-12-27-26(20-23)22(21-31-27)6-5-14-32-16-18-33(19-17-32)28-9-4-10-29-25(28)13-15-34(29)37(35,36)24-7-2-1-3-8-24/h1-4,7-13,15,20-21,31H,5-6,14,16-19H2. The molecule has 0 spiro atoms. The molecule has 3 aromatic carbocycles. The first kappa shape index (κ1) is 23.8. The van der Waals surface area contributed by atoms with Crippen molar-refractivity contribution in [3.8, 4) is 0 Å². The summed E-state index contributed by atoms with van der Waals surface area (Å²) in [4.78, 5) is 8.34. The van der Waals surface area contributed by atoms with Crippen molar-refractivity contribution in [2.24, 2.45) is 0 Å². The van der Waals surface area contributed by atoms with E-state index in [-0.39, 0.29) is 10.7 Å². The zero-order valence-corrected chi connectivity index (χ0v) is 21.3. The number of benzene rings is 3. The molecule has 0 saturated carbocycles. The molecule has 0 bridgehead atoms. The van der Waals surface area contributed by atoms with Crippen LogP contribution in [0.2, 0.25) is 0 Å². The lowest BCUT2D eigenvalue weighted by molar-refractivity contribution is 0.255. The average molecular weight is 517 g/mol. The average Bonchev–Trinajstić information content (AvgIpc) is 3.54. The van der Waals surface area contributed by atoms with Crippen molar-refractivity contribution < 1.29 is 12.8 Å². The molecular formula is C29H29FN4O2S. The summed E-state index contributed by atoms with van der Waals surface area (Å²) >= 11 is 0. The maximum Gasteiger partial charge on any atom is 0.268 e. The lowest BCUT2D eigenvalue weighted by atomic mass is 10.1. The number of anilines is 1. The van der Waals surface area contributed by atoms with Crippen LogP contribution in [0.25, 0.3) is 21.8 Å². The van der Waals surface area contributed by atoms with Crippen LogP contribution in [0.3, 0.4) is 0 Å². The highest BCUT2D eigenvalue weighted by Crippen LogP contribution is 2.31. The number of piperazine rings is 1. The van der Waals surface area contributed by atoms with Gasteiger partial charge in [0.05, 0.1) is 10.4 Å². The molecule has 0 radical (unpaired) electrons. The normalized spacial score (nSPS) is 15.1. The molecule has 6 nitrogen and oxygen atoms in total. The topological polar surface area (TPSA) is 61.3 Å². The predicted octanol–water partition coefficient (Wildman–Crippen LogP) is 5.25. The molecule has 6 rings (SSSR count). The lowest BCUT2D eigenvalue weighted by Gasteiger charge is -2.36. The fourth-order valence-electron chi connectivity index (χ4n) is 5.38. The van der Waals surface area contributed by atoms with Gasteiger partial charge in [-0.15, -0.1) is 0 Å². The SMILES string of the molecule is O=S(=O)(c1ccccc1)n1ccc2c(N3CCN(CCCc4c[nH]c5ccc(F)cc45)CC3)cccc21. The predicted molar refractivity (Wildman–Crippen MR) is 146 cm³/mol. The summed E-state index contributed by atoms with van der Waals surface area (Å²) in [6.45, 7) is 4.65. The van der Waals surface area contributed by atoms with Crippen molar-refractivity contribution in [1.82, 2.24) is 13.9 Å². The van der Waals surface area contributed by atoms with E-state index in [0.717, 1.165) is 73.1 Å². The minimum absolute atomic E-state index is 0.201. The van der Waals surface area contributed by atoms with E-state index in [1.165, 1.54) is 10.0 Å². The molecule has 190 valence electrons. The first-order valence-electron chi connectivity index (χ1n) is 12.6. The van der Waals surface area contributed by atoms with Crippen LogP contribution in [-0.2, 0) is 16.4 Å². The Kier molecular flexibility index (Phi) is 6.22. The number of halogens is 1. The number of hydrogen-bond acceptors (Lipinski definition) is 4. The molecule has 37 heavy (non-hydrogen) atoms. The van der Waals surface area contributed by atoms with Gasteiger partial charge in [0.15, 0.2) is 0 Å². The smallest absolute Gasteiger partial charge is 0.268 e. The Morgan fingerprint density at radius 2 is 1.68 bits per heavy atom. The second kappa shape index (κ2) is 9.68. The number of aromatic amines is 1. The van der Waals surface area contributed by atoms with E-state index in [1.807, 2.05) is 30.5 Å². The number of nitrogens with one attached hydrogen (secondary N) is 1. The van der Waals surface area contributed by atoms with Gasteiger partial charge in [-0.1, -0.05) is 24.3 Å². The van der Waals surface area contributed by atoms with Crippen LogP contribution < -0.4 is 4.90 Å². The van der Waals surface area contributed by atoms with Crippen LogP contribution in [0, 0.1) is 5.82 Å². The molecule has 1 aliphatic heterocycles. The van der Waals surface area contributed by atoms with Gasteiger partial charge in [-0.3, -0.25) is 4.90 Å². The van der Waals surface area contributed by atoms with Crippen molar-refractivity contribution in [2.45, 2.75) is 17.7 Å². The summed E-state index contributed by atoms with van der Waals surface area (Å²) in [5.41, 5.74) is 3.90. The molecule has 0 amide bonds. The van der Waals surface area contributed by atoms with E-state index < -0.39 is 10.0 Å². The van der Waals surface area contributed by atoms with Crippen LogP contribution >= 0.6 is 0 Å². The summed E-state index contributed by atoms with van der Waals surface area (Å²) in [5.74, 6) is -0.201. The molecule has 0 atom stereocenters. The van der Waals surface area contributed by atoms with E-state index >= 15 is 0 Å². The van der Waals surface area contributed by atoms with Crippen LogP contribution in [0.4, 0.5) is 10.1 Å². The summed E-state index contributed by atoms with van der Waals surface area (Å²) < 4.78 is 41.5. The van der Waals surface area contributed by atoms with E-state index in [2.05, 4.69) is 20.9 Å². The highest BCUT2D eigenvalue weighted by atomic mass is 32.2. The van der Waals surface area contributed by atoms with Gasteiger partial charge in [-0.25, -0.2) is 16.8 Å². The van der Waals surface area contributed by atoms with Gasteiger partial charge < -0.3 is 9.88 Å². The second-order valence-electron chi connectivity index (χ2n) is 9.58. The number of aromatic nitrogens is 2. The third-order valence-electron chi connectivity index (χ3n) is 7.34. The Balaban J connectivity index is 1.11. The van der Waals surface area contributed by atoms with Crippen molar-refractivity contribution in [2.75, 3.05) is 37.6 Å². The van der Waals surface area contributed by atoms with Gasteiger partial charge in [-0.05, 0) is 73.5 Å². The van der Waals surface area contributed by atoms with Crippen LogP contribution in [0.5, 0.6) is 0 Å². The monoisotopic (exact) mass is 516 g/mol. The Morgan fingerprint density at radius 3 is 2.49 bits per heavy atom. The number of aryl methyl sites for hydroxylation is 1. The Labute approximate surface area is 216 Å². The highest BCUT2D eigenvalue weighted by molar-refractivity contribution is 7.90. The van der Waals surface area contributed by atoms with Gasteiger partial charge in [0.25, 0.3) is 10.0 Å². The minimum Gasteiger partial charge on any atom is -0.368 e. The maximum atomic E-state index is 13.7. The quantitative estimate of drug-likeness (QED) is 0.321. The molecule has 0 aliphatic carbocycles. The molecule has 0 unspecified atom stereocenters.